The minimum atomic E-state index is -4.29. The zero-order valence-corrected chi connectivity index (χ0v) is 12.7. The smallest absolute Gasteiger partial charge is 0.286 e. The predicted molar refractivity (Wildman–Crippen MR) is 85.8 cm³/mol. The predicted octanol–water partition coefficient (Wildman–Crippen LogP) is 5.32. The summed E-state index contributed by atoms with van der Waals surface area (Å²) in [5, 5.41) is 0. The Kier molecular flexibility index (Phi) is 3.16. The fourth-order valence-electron chi connectivity index (χ4n) is 2.75. The van der Waals surface area contributed by atoms with Crippen LogP contribution in [0.5, 0.6) is 0 Å². The van der Waals surface area contributed by atoms with E-state index in [2.05, 4.69) is 4.98 Å². The van der Waals surface area contributed by atoms with Gasteiger partial charge in [0.1, 0.15) is 0 Å². The fraction of sp³-hybridized carbons (Fsp3) is 0.118. The van der Waals surface area contributed by atoms with E-state index in [1.807, 2.05) is 30.3 Å². The maximum atomic E-state index is 13.1. The van der Waals surface area contributed by atoms with Crippen molar-refractivity contribution in [3.63, 3.8) is 0 Å². The van der Waals surface area contributed by atoms with Crippen LogP contribution in [0.25, 0.3) is 26.4 Å². The molecule has 0 radical (unpaired) electrons. The molecule has 2 nitrogen and oxygen atoms in total. The molecule has 0 saturated heterocycles. The molecule has 23 heavy (non-hydrogen) atoms. The van der Waals surface area contributed by atoms with Gasteiger partial charge in [0.2, 0.25) is 0 Å². The molecule has 0 unspecified atom stereocenters. The van der Waals surface area contributed by atoms with Crippen LogP contribution in [0.2, 0.25) is 0 Å². The lowest BCUT2D eigenvalue weighted by Crippen LogP contribution is -2.14. The van der Waals surface area contributed by atoms with E-state index in [0.717, 1.165) is 10.2 Å². The summed E-state index contributed by atoms with van der Waals surface area (Å²) in [6, 6.07) is 16.4. The van der Waals surface area contributed by atoms with Crippen molar-refractivity contribution in [1.29, 1.82) is 0 Å². The summed E-state index contributed by atoms with van der Waals surface area (Å²) >= 11 is 1.40. The molecule has 116 valence electrons. The zero-order chi connectivity index (χ0) is 16.0. The number of nitrogens with zero attached hydrogens (tertiary/aromatic N) is 2. The molecule has 6 heteroatoms. The van der Waals surface area contributed by atoms with Crippen molar-refractivity contribution in [2.24, 2.45) is 0 Å². The molecule has 4 aromatic rings. The van der Waals surface area contributed by atoms with Gasteiger partial charge in [-0.25, -0.2) is 4.98 Å². The molecule has 0 bridgehead atoms. The molecule has 0 aliphatic rings. The average Bonchev–Trinajstić information content (AvgIpc) is 3.04. The summed E-state index contributed by atoms with van der Waals surface area (Å²) in [6.07, 6.45) is -5.29. The van der Waals surface area contributed by atoms with Crippen LogP contribution in [0.4, 0.5) is 13.2 Å². The van der Waals surface area contributed by atoms with E-state index in [0.29, 0.717) is 16.2 Å². The van der Waals surface area contributed by atoms with Gasteiger partial charge in [0, 0.05) is 5.56 Å². The number of hydrogen-bond donors (Lipinski definition) is 0. The van der Waals surface area contributed by atoms with Crippen molar-refractivity contribution < 1.29 is 13.2 Å². The lowest BCUT2D eigenvalue weighted by atomic mass is 10.1. The highest BCUT2D eigenvalue weighted by Crippen LogP contribution is 2.35. The SMILES string of the molecule is FC(F)(F)Cc1c(-c2ccccc2)nc2sc3ccccc3n12. The van der Waals surface area contributed by atoms with Crippen LogP contribution in [-0.2, 0) is 6.42 Å². The van der Waals surface area contributed by atoms with Crippen molar-refractivity contribution in [2.75, 3.05) is 0 Å². The number of para-hydroxylation sites is 1. The molecular weight excluding hydrogens is 321 g/mol. The van der Waals surface area contributed by atoms with Crippen LogP contribution < -0.4 is 0 Å². The Morgan fingerprint density at radius 2 is 1.65 bits per heavy atom. The van der Waals surface area contributed by atoms with Crippen LogP contribution in [0.3, 0.4) is 0 Å². The highest BCUT2D eigenvalue weighted by Gasteiger charge is 2.32. The van der Waals surface area contributed by atoms with Crippen LogP contribution in [0.1, 0.15) is 5.69 Å². The first kappa shape index (κ1) is 14.3. The summed E-state index contributed by atoms with van der Waals surface area (Å²) in [4.78, 5) is 5.07. The van der Waals surface area contributed by atoms with Gasteiger partial charge in [-0.2, -0.15) is 13.2 Å². The van der Waals surface area contributed by atoms with Gasteiger partial charge in [-0.3, -0.25) is 4.40 Å². The second kappa shape index (κ2) is 5.09. The molecule has 0 N–H and O–H groups in total. The number of rotatable bonds is 2. The molecule has 0 aliphatic heterocycles. The van der Waals surface area contributed by atoms with E-state index < -0.39 is 12.6 Å². The Bertz CT molecular complexity index is 984. The van der Waals surface area contributed by atoms with E-state index in [-0.39, 0.29) is 5.69 Å². The van der Waals surface area contributed by atoms with Crippen molar-refractivity contribution in [3.05, 3.63) is 60.3 Å². The van der Waals surface area contributed by atoms with Gasteiger partial charge in [-0.1, -0.05) is 53.8 Å². The molecule has 0 saturated carbocycles. The van der Waals surface area contributed by atoms with Gasteiger partial charge in [0.25, 0.3) is 0 Å². The Hall–Kier alpha value is -2.34. The van der Waals surface area contributed by atoms with E-state index in [1.165, 1.54) is 11.3 Å². The molecule has 4 rings (SSSR count). The van der Waals surface area contributed by atoms with Crippen LogP contribution in [0.15, 0.2) is 54.6 Å². The molecule has 0 spiro atoms. The number of benzene rings is 2. The molecule has 2 aromatic carbocycles. The normalized spacial score (nSPS) is 12.3. The summed E-state index contributed by atoms with van der Waals surface area (Å²) in [5.74, 6) is 0. The largest absolute Gasteiger partial charge is 0.394 e. The monoisotopic (exact) mass is 332 g/mol. The average molecular weight is 332 g/mol. The van der Waals surface area contributed by atoms with Gasteiger partial charge in [0.15, 0.2) is 4.96 Å². The van der Waals surface area contributed by atoms with Crippen molar-refractivity contribution in [2.45, 2.75) is 12.6 Å². The van der Waals surface area contributed by atoms with Gasteiger partial charge >= 0.3 is 6.18 Å². The molecular formula is C17H11F3N2S. The van der Waals surface area contributed by atoms with E-state index >= 15 is 0 Å². The Labute approximate surface area is 133 Å². The quantitative estimate of drug-likeness (QED) is 0.485. The van der Waals surface area contributed by atoms with Crippen LogP contribution in [0, 0.1) is 0 Å². The Morgan fingerprint density at radius 1 is 0.957 bits per heavy atom. The van der Waals surface area contributed by atoms with E-state index in [1.54, 1.807) is 28.7 Å². The summed E-state index contributed by atoms with van der Waals surface area (Å²) in [6.45, 7) is 0. The zero-order valence-electron chi connectivity index (χ0n) is 11.8. The molecule has 0 amide bonds. The number of imidazole rings is 1. The summed E-state index contributed by atoms with van der Waals surface area (Å²) < 4.78 is 41.9. The van der Waals surface area contributed by atoms with Gasteiger partial charge in [0.05, 0.1) is 28.0 Å². The molecule has 0 fully saturated rings. The Morgan fingerprint density at radius 3 is 2.39 bits per heavy atom. The number of alkyl halides is 3. The second-order valence-electron chi connectivity index (χ2n) is 5.25. The third-order valence-electron chi connectivity index (χ3n) is 3.66. The van der Waals surface area contributed by atoms with Crippen LogP contribution >= 0.6 is 11.3 Å². The minimum absolute atomic E-state index is 0.191. The Balaban J connectivity index is 2.04. The first-order chi connectivity index (χ1) is 11.0. The number of hydrogen-bond acceptors (Lipinski definition) is 2. The maximum Gasteiger partial charge on any atom is 0.394 e. The van der Waals surface area contributed by atoms with E-state index in [9.17, 15) is 13.2 Å². The van der Waals surface area contributed by atoms with Crippen LogP contribution in [-0.4, -0.2) is 15.6 Å². The number of fused-ring (bicyclic) bond motifs is 3. The standard InChI is InChI=1S/C17H11F3N2S/c18-17(19,20)10-13-15(11-6-2-1-3-7-11)21-16-22(13)12-8-4-5-9-14(12)23-16/h1-9H,10H2. The highest BCUT2D eigenvalue weighted by atomic mass is 32.1. The first-order valence-corrected chi connectivity index (χ1v) is 7.85. The number of aromatic nitrogens is 2. The first-order valence-electron chi connectivity index (χ1n) is 7.04. The van der Waals surface area contributed by atoms with Gasteiger partial charge < -0.3 is 0 Å². The lowest BCUT2D eigenvalue weighted by Gasteiger charge is -2.08. The van der Waals surface area contributed by atoms with Crippen molar-refractivity contribution >= 4 is 26.5 Å². The summed E-state index contributed by atoms with van der Waals surface area (Å²) in [5.41, 5.74) is 2.06. The topological polar surface area (TPSA) is 17.3 Å². The van der Waals surface area contributed by atoms with Crippen molar-refractivity contribution in [1.82, 2.24) is 9.38 Å². The summed E-state index contributed by atoms with van der Waals surface area (Å²) in [7, 11) is 0. The minimum Gasteiger partial charge on any atom is -0.286 e. The third-order valence-corrected chi connectivity index (χ3v) is 4.69. The maximum absolute atomic E-state index is 13.1. The number of thiazole rings is 1. The highest BCUT2D eigenvalue weighted by molar-refractivity contribution is 7.23. The van der Waals surface area contributed by atoms with Gasteiger partial charge in [-0.05, 0) is 12.1 Å². The molecule has 2 aromatic heterocycles. The fourth-order valence-corrected chi connectivity index (χ4v) is 3.80. The van der Waals surface area contributed by atoms with Crippen molar-refractivity contribution in [3.8, 4) is 11.3 Å². The van der Waals surface area contributed by atoms with E-state index in [4.69, 9.17) is 0 Å². The second-order valence-corrected chi connectivity index (χ2v) is 6.26. The molecule has 0 aliphatic carbocycles. The molecule has 0 atom stereocenters. The third kappa shape index (κ3) is 2.49. The van der Waals surface area contributed by atoms with Gasteiger partial charge in [-0.15, -0.1) is 0 Å². The number of halogens is 3. The lowest BCUT2D eigenvalue weighted by molar-refractivity contribution is -0.127. The molecule has 2 heterocycles.